The van der Waals surface area contributed by atoms with E-state index in [1.54, 1.807) is 30.9 Å². The largest absolute Gasteiger partial charge is 0.352 e. The highest BCUT2D eigenvalue weighted by Gasteiger charge is 2.16. The molecule has 3 N–H and O–H groups in total. The van der Waals surface area contributed by atoms with E-state index >= 15 is 0 Å². The number of fused-ring (bicyclic) bond motifs is 2. The molecule has 9 heteroatoms. The summed E-state index contributed by atoms with van der Waals surface area (Å²) in [5.41, 5.74) is 6.73. The molecule has 6 rings (SSSR count). The number of hydrogen-bond donors (Lipinski definition) is 3. The van der Waals surface area contributed by atoms with E-state index in [1.807, 2.05) is 31.2 Å². The summed E-state index contributed by atoms with van der Waals surface area (Å²) in [5, 5.41) is 12.2. The van der Waals surface area contributed by atoms with Gasteiger partial charge in [-0.1, -0.05) is 13.0 Å². The van der Waals surface area contributed by atoms with Gasteiger partial charge >= 0.3 is 0 Å². The van der Waals surface area contributed by atoms with Crippen LogP contribution in [-0.4, -0.2) is 31.1 Å². The van der Waals surface area contributed by atoms with E-state index in [1.165, 1.54) is 6.07 Å². The van der Waals surface area contributed by atoms with Crippen LogP contribution in [0, 0.1) is 5.13 Å². The normalized spacial score (nSPS) is 11.4. The van der Waals surface area contributed by atoms with Crippen molar-refractivity contribution in [2.75, 3.05) is 5.32 Å². The molecule has 5 aromatic heterocycles. The lowest BCUT2D eigenvalue weighted by Crippen LogP contribution is -2.10. The third-order valence-electron chi connectivity index (χ3n) is 6.03. The highest BCUT2D eigenvalue weighted by atomic mass is 32.1. The quantitative estimate of drug-likeness (QED) is 0.237. The molecule has 5 heterocycles. The van der Waals surface area contributed by atoms with Gasteiger partial charge in [0.2, 0.25) is 5.91 Å². The Labute approximate surface area is 209 Å². The zero-order chi connectivity index (χ0) is 24.6. The third-order valence-corrected chi connectivity index (χ3v) is 6.94. The van der Waals surface area contributed by atoms with Crippen molar-refractivity contribution in [3.05, 3.63) is 72.4 Å². The number of amides is 1. The molecule has 0 aliphatic heterocycles. The second-order valence-corrected chi connectivity index (χ2v) is 9.56. The standard InChI is InChI=1S/C27H21FN6OS/c1-2-3-26(35)31-17-8-16(11-29-12-17)15-4-5-21-19(9-15)27(34-33-21)22-10-18-20(13-30-14-23(18)32-22)24-6-7-25(28)36-24/h4-14,32H,2-3H2,1H3,(H,31,35)(H,33,34). The second-order valence-electron chi connectivity index (χ2n) is 8.53. The number of H-pyrrole nitrogens is 2. The number of aromatic amines is 2. The molecule has 36 heavy (non-hydrogen) atoms. The fourth-order valence-corrected chi connectivity index (χ4v) is 5.10. The number of anilines is 1. The molecule has 0 radical (unpaired) electrons. The number of nitrogens with zero attached hydrogens (tertiary/aromatic N) is 3. The highest BCUT2D eigenvalue weighted by molar-refractivity contribution is 7.14. The molecule has 178 valence electrons. The van der Waals surface area contributed by atoms with Gasteiger partial charge in [0.05, 0.1) is 34.8 Å². The van der Waals surface area contributed by atoms with E-state index < -0.39 is 0 Å². The lowest BCUT2D eigenvalue weighted by atomic mass is 10.0. The average Bonchev–Trinajstić information content (AvgIpc) is 3.61. The Morgan fingerprint density at radius 3 is 2.69 bits per heavy atom. The fraction of sp³-hybridized carbons (Fsp3) is 0.111. The minimum absolute atomic E-state index is 0.0259. The smallest absolute Gasteiger partial charge is 0.224 e. The molecule has 7 nitrogen and oxygen atoms in total. The number of halogens is 1. The number of carbonyl (C=O) groups is 1. The summed E-state index contributed by atoms with van der Waals surface area (Å²) in [7, 11) is 0. The van der Waals surface area contributed by atoms with Crippen molar-refractivity contribution in [2.24, 2.45) is 0 Å². The summed E-state index contributed by atoms with van der Waals surface area (Å²) in [6.07, 6.45) is 8.19. The minimum Gasteiger partial charge on any atom is -0.352 e. The van der Waals surface area contributed by atoms with Gasteiger partial charge in [0, 0.05) is 45.6 Å². The van der Waals surface area contributed by atoms with Crippen LogP contribution in [-0.2, 0) is 4.79 Å². The van der Waals surface area contributed by atoms with Crippen LogP contribution in [0.4, 0.5) is 10.1 Å². The molecule has 1 amide bonds. The molecule has 0 fully saturated rings. The number of thiophene rings is 1. The predicted molar refractivity (Wildman–Crippen MR) is 141 cm³/mol. The fourth-order valence-electron chi connectivity index (χ4n) is 4.35. The van der Waals surface area contributed by atoms with Gasteiger partial charge < -0.3 is 10.3 Å². The minimum atomic E-state index is -0.230. The Morgan fingerprint density at radius 1 is 0.972 bits per heavy atom. The Kier molecular flexibility index (Phi) is 5.54. The highest BCUT2D eigenvalue weighted by Crippen LogP contribution is 2.36. The van der Waals surface area contributed by atoms with Crippen LogP contribution >= 0.6 is 11.3 Å². The van der Waals surface area contributed by atoms with E-state index in [0.717, 1.165) is 72.5 Å². The van der Waals surface area contributed by atoms with Crippen LogP contribution in [0.15, 0.2) is 67.3 Å². The van der Waals surface area contributed by atoms with Crippen LogP contribution in [0.2, 0.25) is 0 Å². The van der Waals surface area contributed by atoms with Gasteiger partial charge in [-0.05, 0) is 48.4 Å². The molecule has 6 aromatic rings. The predicted octanol–water partition coefficient (Wildman–Crippen LogP) is 6.77. The zero-order valence-corrected chi connectivity index (χ0v) is 20.1. The molecular formula is C27H21FN6OS. The number of hydrogen-bond acceptors (Lipinski definition) is 5. The third kappa shape index (κ3) is 4.03. The van der Waals surface area contributed by atoms with Gasteiger partial charge in [0.25, 0.3) is 0 Å². The van der Waals surface area contributed by atoms with Gasteiger partial charge in [0.15, 0.2) is 5.13 Å². The zero-order valence-electron chi connectivity index (χ0n) is 19.3. The van der Waals surface area contributed by atoms with E-state index in [9.17, 15) is 9.18 Å². The Hall–Kier alpha value is -4.37. The Balaban J connectivity index is 1.40. The molecule has 0 atom stereocenters. The summed E-state index contributed by atoms with van der Waals surface area (Å²) < 4.78 is 13.7. The first-order valence-electron chi connectivity index (χ1n) is 11.6. The van der Waals surface area contributed by atoms with Crippen LogP contribution in [0.1, 0.15) is 19.8 Å². The number of aromatic nitrogens is 5. The van der Waals surface area contributed by atoms with Crippen molar-refractivity contribution in [1.29, 1.82) is 0 Å². The number of carbonyl (C=O) groups excluding carboxylic acids is 1. The van der Waals surface area contributed by atoms with Gasteiger partial charge in [-0.15, -0.1) is 11.3 Å². The Bertz CT molecular complexity index is 1730. The molecule has 1 aromatic carbocycles. The van der Waals surface area contributed by atoms with Gasteiger partial charge in [-0.2, -0.15) is 9.49 Å². The summed E-state index contributed by atoms with van der Waals surface area (Å²) in [4.78, 5) is 24.9. The molecule has 0 saturated heterocycles. The molecule has 0 saturated carbocycles. The molecule has 0 spiro atoms. The van der Waals surface area contributed by atoms with Gasteiger partial charge in [-0.3, -0.25) is 19.9 Å². The molecular weight excluding hydrogens is 475 g/mol. The van der Waals surface area contributed by atoms with E-state index in [2.05, 4.69) is 36.5 Å². The van der Waals surface area contributed by atoms with E-state index in [0.29, 0.717) is 12.1 Å². The SMILES string of the molecule is CCCC(=O)Nc1cncc(-c2ccc3[nH]nc(-c4cc5c(-c6ccc(F)s6)cncc5[nH]4)c3c2)c1. The topological polar surface area (TPSA) is 99.3 Å². The molecule has 0 aliphatic rings. The first-order valence-corrected chi connectivity index (χ1v) is 12.4. The first kappa shape index (κ1) is 22.1. The molecule has 0 aliphatic carbocycles. The average molecular weight is 497 g/mol. The van der Waals surface area contributed by atoms with Crippen LogP contribution in [0.25, 0.3) is 54.8 Å². The van der Waals surface area contributed by atoms with Gasteiger partial charge in [0.1, 0.15) is 5.69 Å². The monoisotopic (exact) mass is 496 g/mol. The summed E-state index contributed by atoms with van der Waals surface area (Å²) in [5.74, 6) is -0.0259. The van der Waals surface area contributed by atoms with Crippen molar-refractivity contribution in [3.63, 3.8) is 0 Å². The van der Waals surface area contributed by atoms with Crippen molar-refractivity contribution in [2.45, 2.75) is 19.8 Å². The lowest BCUT2D eigenvalue weighted by Gasteiger charge is -2.07. The Morgan fingerprint density at radius 2 is 1.86 bits per heavy atom. The molecule has 0 bridgehead atoms. The number of rotatable bonds is 6. The second kappa shape index (κ2) is 9.01. The van der Waals surface area contributed by atoms with E-state index in [-0.39, 0.29) is 11.0 Å². The maximum Gasteiger partial charge on any atom is 0.224 e. The first-order chi connectivity index (χ1) is 17.6. The number of pyridine rings is 2. The van der Waals surface area contributed by atoms with Crippen molar-refractivity contribution < 1.29 is 9.18 Å². The summed E-state index contributed by atoms with van der Waals surface area (Å²) in [6, 6.07) is 13.2. The number of benzene rings is 1. The van der Waals surface area contributed by atoms with Crippen LogP contribution in [0.3, 0.4) is 0 Å². The summed E-state index contributed by atoms with van der Waals surface area (Å²) in [6.45, 7) is 1.97. The maximum atomic E-state index is 13.7. The summed E-state index contributed by atoms with van der Waals surface area (Å²) >= 11 is 1.10. The van der Waals surface area contributed by atoms with Gasteiger partial charge in [-0.25, -0.2) is 0 Å². The van der Waals surface area contributed by atoms with Crippen molar-refractivity contribution in [1.82, 2.24) is 25.1 Å². The maximum absolute atomic E-state index is 13.7. The van der Waals surface area contributed by atoms with Crippen molar-refractivity contribution >= 4 is 44.7 Å². The van der Waals surface area contributed by atoms with Crippen LogP contribution < -0.4 is 5.32 Å². The lowest BCUT2D eigenvalue weighted by molar-refractivity contribution is -0.116. The number of nitrogens with one attached hydrogen (secondary N) is 3. The van der Waals surface area contributed by atoms with Crippen LogP contribution in [0.5, 0.6) is 0 Å². The van der Waals surface area contributed by atoms with E-state index in [4.69, 9.17) is 0 Å². The van der Waals surface area contributed by atoms with Crippen molar-refractivity contribution in [3.8, 4) is 33.0 Å². The molecule has 0 unspecified atom stereocenters.